The van der Waals surface area contributed by atoms with Gasteiger partial charge in [-0.2, -0.15) is 0 Å². The fourth-order valence-electron chi connectivity index (χ4n) is 3.98. The van der Waals surface area contributed by atoms with Gasteiger partial charge in [0.1, 0.15) is 11.6 Å². The van der Waals surface area contributed by atoms with Crippen molar-refractivity contribution in [3.63, 3.8) is 0 Å². The fourth-order valence-corrected chi connectivity index (χ4v) is 3.98. The number of likely N-dealkylation sites (tertiary alicyclic amines) is 1. The van der Waals surface area contributed by atoms with Gasteiger partial charge in [0.05, 0.1) is 0 Å². The van der Waals surface area contributed by atoms with Crippen LogP contribution in [-0.2, 0) is 6.54 Å². The van der Waals surface area contributed by atoms with E-state index in [2.05, 4.69) is 29.2 Å². The van der Waals surface area contributed by atoms with Crippen molar-refractivity contribution < 1.29 is 8.78 Å². The summed E-state index contributed by atoms with van der Waals surface area (Å²) in [4.78, 5) is 2.46. The molecule has 0 amide bonds. The monoisotopic (exact) mass is 299 g/mol. The average Bonchev–Trinajstić information content (AvgIpc) is 3.04. The van der Waals surface area contributed by atoms with Gasteiger partial charge in [0.25, 0.3) is 0 Å². The van der Waals surface area contributed by atoms with Crippen molar-refractivity contribution >= 4 is 0 Å². The van der Waals surface area contributed by atoms with Crippen LogP contribution in [0.25, 0.3) is 0 Å². The fraction of sp³-hybridized carbons (Fsp3) is 0.368. The topological polar surface area (TPSA) is 3.24 Å². The van der Waals surface area contributed by atoms with Gasteiger partial charge in [-0.3, -0.25) is 4.90 Å². The molecule has 1 unspecified atom stereocenters. The van der Waals surface area contributed by atoms with Crippen molar-refractivity contribution in [1.82, 2.24) is 4.90 Å². The summed E-state index contributed by atoms with van der Waals surface area (Å²) in [5.74, 6) is -0.620. The molecule has 2 aliphatic rings. The first kappa shape index (κ1) is 13.9. The number of nitrogens with zero attached hydrogens (tertiary/aromatic N) is 1. The molecule has 2 aromatic carbocycles. The highest BCUT2D eigenvalue weighted by molar-refractivity contribution is 5.33. The number of hydrogen-bond acceptors (Lipinski definition) is 1. The molecule has 114 valence electrons. The lowest BCUT2D eigenvalue weighted by Gasteiger charge is -2.16. The molecule has 2 atom stereocenters. The average molecular weight is 299 g/mol. The van der Waals surface area contributed by atoms with Crippen molar-refractivity contribution in [3.8, 4) is 0 Å². The third kappa shape index (κ3) is 2.44. The van der Waals surface area contributed by atoms with Crippen LogP contribution in [-0.4, -0.2) is 18.0 Å². The normalized spacial score (nSPS) is 27.5. The molecule has 0 aromatic heterocycles. The van der Waals surface area contributed by atoms with Crippen molar-refractivity contribution in [3.05, 3.63) is 71.3 Å². The van der Waals surface area contributed by atoms with Crippen LogP contribution in [0.4, 0.5) is 8.78 Å². The predicted octanol–water partition coefficient (Wildman–Crippen LogP) is 4.34. The Balaban J connectivity index is 1.45. The van der Waals surface area contributed by atoms with E-state index in [1.807, 2.05) is 6.07 Å². The summed E-state index contributed by atoms with van der Waals surface area (Å²) in [7, 11) is 0. The van der Waals surface area contributed by atoms with Gasteiger partial charge in [0, 0.05) is 19.2 Å². The Hall–Kier alpha value is -1.74. The largest absolute Gasteiger partial charge is 0.298 e. The standard InChI is InChI=1S/C19H19F2N/c20-15-6-7-16(18(21)10-15)17-11-19(17)8-9-22(13-19)12-14-4-2-1-3-5-14/h1-7,10,17H,8-9,11-13H2/t17?,19-/m0/s1. The van der Waals surface area contributed by atoms with Gasteiger partial charge in [-0.1, -0.05) is 36.4 Å². The molecule has 0 bridgehead atoms. The van der Waals surface area contributed by atoms with E-state index in [0.29, 0.717) is 5.56 Å². The SMILES string of the molecule is Fc1ccc(C2C[C@]23CCN(Cc2ccccc2)C3)c(F)c1. The molecule has 2 aromatic rings. The lowest BCUT2D eigenvalue weighted by Crippen LogP contribution is -2.20. The molecule has 22 heavy (non-hydrogen) atoms. The zero-order chi connectivity index (χ0) is 15.2. The lowest BCUT2D eigenvalue weighted by atomic mass is 9.98. The van der Waals surface area contributed by atoms with Crippen molar-refractivity contribution in [2.45, 2.75) is 25.3 Å². The second-order valence-electron chi connectivity index (χ2n) is 6.73. The van der Waals surface area contributed by atoms with Crippen LogP contribution >= 0.6 is 0 Å². The molecule has 4 rings (SSSR count). The highest BCUT2D eigenvalue weighted by Gasteiger charge is 2.58. The van der Waals surface area contributed by atoms with E-state index in [1.54, 1.807) is 6.07 Å². The van der Waals surface area contributed by atoms with E-state index in [4.69, 9.17) is 0 Å². The minimum absolute atomic E-state index is 0.216. The third-order valence-corrected chi connectivity index (χ3v) is 5.24. The molecule has 3 heteroatoms. The van der Waals surface area contributed by atoms with Gasteiger partial charge in [-0.25, -0.2) is 8.78 Å². The molecule has 1 nitrogen and oxygen atoms in total. The summed E-state index contributed by atoms with van der Waals surface area (Å²) >= 11 is 0. The summed E-state index contributed by atoms with van der Waals surface area (Å²) in [6.07, 6.45) is 2.14. The first-order valence-electron chi connectivity index (χ1n) is 7.88. The molecule has 1 saturated carbocycles. The van der Waals surface area contributed by atoms with Crippen LogP contribution in [0.5, 0.6) is 0 Å². The molecule has 0 radical (unpaired) electrons. The second-order valence-corrected chi connectivity index (χ2v) is 6.73. The van der Waals surface area contributed by atoms with E-state index in [0.717, 1.165) is 38.5 Å². The molecule has 1 aliphatic heterocycles. The number of halogens is 2. The van der Waals surface area contributed by atoms with Crippen LogP contribution < -0.4 is 0 Å². The Morgan fingerprint density at radius 1 is 1.09 bits per heavy atom. The number of rotatable bonds is 3. The van der Waals surface area contributed by atoms with Crippen LogP contribution in [0.3, 0.4) is 0 Å². The maximum atomic E-state index is 14.0. The maximum Gasteiger partial charge on any atom is 0.129 e. The van der Waals surface area contributed by atoms with E-state index in [9.17, 15) is 8.78 Å². The van der Waals surface area contributed by atoms with E-state index < -0.39 is 5.82 Å². The van der Waals surface area contributed by atoms with E-state index in [1.165, 1.54) is 11.6 Å². The van der Waals surface area contributed by atoms with Gasteiger partial charge in [0.15, 0.2) is 0 Å². The zero-order valence-electron chi connectivity index (χ0n) is 12.4. The number of hydrogen-bond donors (Lipinski definition) is 0. The Morgan fingerprint density at radius 2 is 1.91 bits per heavy atom. The Morgan fingerprint density at radius 3 is 2.68 bits per heavy atom. The van der Waals surface area contributed by atoms with Gasteiger partial charge in [-0.05, 0) is 47.9 Å². The maximum absolute atomic E-state index is 14.0. The number of benzene rings is 2. The Bertz CT molecular complexity index is 685. The summed E-state index contributed by atoms with van der Waals surface area (Å²) in [6, 6.07) is 14.5. The van der Waals surface area contributed by atoms with Gasteiger partial charge in [0.2, 0.25) is 0 Å². The van der Waals surface area contributed by atoms with Gasteiger partial charge in [-0.15, -0.1) is 0 Å². The van der Waals surface area contributed by atoms with E-state index in [-0.39, 0.29) is 17.2 Å². The highest BCUT2D eigenvalue weighted by Crippen LogP contribution is 2.64. The lowest BCUT2D eigenvalue weighted by molar-refractivity contribution is 0.310. The molecule has 2 fully saturated rings. The summed E-state index contributed by atoms with van der Waals surface area (Å²) in [5, 5.41) is 0. The smallest absolute Gasteiger partial charge is 0.129 e. The molecule has 0 N–H and O–H groups in total. The van der Waals surface area contributed by atoms with Crippen molar-refractivity contribution in [2.75, 3.05) is 13.1 Å². The van der Waals surface area contributed by atoms with Crippen LogP contribution in [0, 0.1) is 17.0 Å². The summed E-state index contributed by atoms with van der Waals surface area (Å²) in [5.41, 5.74) is 2.24. The minimum Gasteiger partial charge on any atom is -0.298 e. The van der Waals surface area contributed by atoms with Crippen LogP contribution in [0.2, 0.25) is 0 Å². The van der Waals surface area contributed by atoms with Crippen LogP contribution in [0.1, 0.15) is 29.9 Å². The highest BCUT2D eigenvalue weighted by atomic mass is 19.1. The molecule has 1 aliphatic carbocycles. The quantitative estimate of drug-likeness (QED) is 0.814. The Kier molecular flexibility index (Phi) is 3.26. The van der Waals surface area contributed by atoms with Gasteiger partial charge < -0.3 is 0 Å². The van der Waals surface area contributed by atoms with E-state index >= 15 is 0 Å². The molecule has 1 saturated heterocycles. The van der Waals surface area contributed by atoms with Crippen LogP contribution in [0.15, 0.2) is 48.5 Å². The molecule has 1 heterocycles. The van der Waals surface area contributed by atoms with Gasteiger partial charge >= 0.3 is 0 Å². The third-order valence-electron chi connectivity index (χ3n) is 5.24. The Labute approximate surface area is 129 Å². The van der Waals surface area contributed by atoms with Crippen molar-refractivity contribution in [1.29, 1.82) is 0 Å². The summed E-state index contributed by atoms with van der Waals surface area (Å²) < 4.78 is 27.0. The summed E-state index contributed by atoms with van der Waals surface area (Å²) in [6.45, 7) is 3.04. The first-order chi connectivity index (χ1) is 10.7. The predicted molar refractivity (Wildman–Crippen MR) is 82.5 cm³/mol. The first-order valence-corrected chi connectivity index (χ1v) is 7.88. The second kappa shape index (κ2) is 5.17. The zero-order valence-corrected chi connectivity index (χ0v) is 12.4. The molecule has 1 spiro atoms. The minimum atomic E-state index is -0.493. The molecular formula is C19H19F2N. The van der Waals surface area contributed by atoms with Crippen molar-refractivity contribution in [2.24, 2.45) is 5.41 Å². The molecular weight excluding hydrogens is 280 g/mol.